The van der Waals surface area contributed by atoms with Crippen LogP contribution in [0.2, 0.25) is 0 Å². The van der Waals surface area contributed by atoms with Crippen LogP contribution in [0.15, 0.2) is 60.8 Å². The molecule has 3 rings (SSSR count). The average molecular weight is 415 g/mol. The van der Waals surface area contributed by atoms with Crippen LogP contribution >= 0.6 is 0 Å². The van der Waals surface area contributed by atoms with Crippen LogP contribution in [0.25, 0.3) is 0 Å². The number of halogens is 1. The zero-order valence-electron chi connectivity index (χ0n) is 16.3. The summed E-state index contributed by atoms with van der Waals surface area (Å²) in [5.41, 5.74) is 3.18. The first kappa shape index (κ1) is 21.0. The third-order valence-electron chi connectivity index (χ3n) is 4.83. The molecule has 0 saturated carbocycles. The van der Waals surface area contributed by atoms with Crippen LogP contribution in [-0.4, -0.2) is 24.4 Å². The summed E-state index contributed by atoms with van der Waals surface area (Å²) >= 11 is 0. The molecule has 0 aliphatic carbocycles. The van der Waals surface area contributed by atoms with Crippen LogP contribution < -0.4 is 4.72 Å². The van der Waals surface area contributed by atoms with Gasteiger partial charge >= 0.3 is 0 Å². The largest absolute Gasteiger partial charge is 0.364 e. The Labute approximate surface area is 170 Å². The van der Waals surface area contributed by atoms with Gasteiger partial charge in [0.2, 0.25) is 10.0 Å². The smallest absolute Gasteiger partial charge is 0.214 e. The minimum absolute atomic E-state index is 0.196. The summed E-state index contributed by atoms with van der Waals surface area (Å²) in [6.45, 7) is 3.65. The number of carbonyl (C=O) groups excluding carboxylic acids is 1. The molecule has 0 aliphatic heterocycles. The van der Waals surface area contributed by atoms with Crippen molar-refractivity contribution >= 4 is 15.8 Å². The van der Waals surface area contributed by atoms with E-state index in [0.29, 0.717) is 11.1 Å². The monoisotopic (exact) mass is 414 g/mol. The first-order valence-corrected chi connectivity index (χ1v) is 10.8. The summed E-state index contributed by atoms with van der Waals surface area (Å²) in [5.74, 6) is -0.623. The second-order valence-corrected chi connectivity index (χ2v) is 9.24. The number of sulfonamides is 1. The Balaban J connectivity index is 1.74. The van der Waals surface area contributed by atoms with Gasteiger partial charge < -0.3 is 4.98 Å². The van der Waals surface area contributed by atoms with E-state index in [4.69, 9.17) is 0 Å². The van der Waals surface area contributed by atoms with Crippen molar-refractivity contribution in [2.24, 2.45) is 0 Å². The highest BCUT2D eigenvalue weighted by Gasteiger charge is 2.22. The second-order valence-electron chi connectivity index (χ2n) is 7.06. The van der Waals surface area contributed by atoms with Crippen molar-refractivity contribution in [3.63, 3.8) is 0 Å². The number of aromatic nitrogens is 1. The second kappa shape index (κ2) is 8.71. The lowest BCUT2D eigenvalue weighted by Crippen LogP contribution is -2.33. The number of rotatable bonds is 8. The van der Waals surface area contributed by atoms with E-state index < -0.39 is 21.1 Å². The summed E-state index contributed by atoms with van der Waals surface area (Å²) in [5, 5.41) is -0.672. The molecule has 1 heterocycles. The fourth-order valence-electron chi connectivity index (χ4n) is 3.04. The van der Waals surface area contributed by atoms with Gasteiger partial charge in [-0.25, -0.2) is 17.5 Å². The van der Waals surface area contributed by atoms with E-state index in [1.54, 1.807) is 37.4 Å². The highest BCUT2D eigenvalue weighted by molar-refractivity contribution is 7.90. The van der Waals surface area contributed by atoms with Crippen LogP contribution in [0, 0.1) is 12.7 Å². The van der Waals surface area contributed by atoms with E-state index in [1.165, 1.54) is 24.3 Å². The molecule has 0 saturated heterocycles. The first-order chi connectivity index (χ1) is 13.8. The van der Waals surface area contributed by atoms with Crippen molar-refractivity contribution in [3.05, 3.63) is 94.6 Å². The summed E-state index contributed by atoms with van der Waals surface area (Å²) in [6.07, 6.45) is 2.00. The Morgan fingerprint density at radius 3 is 2.52 bits per heavy atom. The van der Waals surface area contributed by atoms with Crippen LogP contribution in [0.4, 0.5) is 4.39 Å². The molecule has 0 amide bonds. The van der Waals surface area contributed by atoms with E-state index in [2.05, 4.69) is 9.71 Å². The number of aryl methyl sites for hydroxylation is 1. The highest BCUT2D eigenvalue weighted by Crippen LogP contribution is 2.19. The molecule has 5 nitrogen and oxygen atoms in total. The zero-order chi connectivity index (χ0) is 21.0. The van der Waals surface area contributed by atoms with Crippen LogP contribution in [-0.2, 0) is 23.0 Å². The molecule has 2 aromatic carbocycles. The van der Waals surface area contributed by atoms with Gasteiger partial charge in [0.15, 0.2) is 5.78 Å². The number of hydrogen-bond acceptors (Lipinski definition) is 3. The van der Waals surface area contributed by atoms with Crippen molar-refractivity contribution in [2.75, 3.05) is 0 Å². The molecule has 0 radical (unpaired) electrons. The fourth-order valence-corrected chi connectivity index (χ4v) is 4.09. The molecule has 1 atom stereocenters. The number of ketones is 1. The molecule has 1 aromatic heterocycles. The normalized spacial score (nSPS) is 12.7. The Bertz CT molecular complexity index is 1090. The van der Waals surface area contributed by atoms with E-state index in [0.717, 1.165) is 16.8 Å². The molecular formula is C22H23FN2O3S. The van der Waals surface area contributed by atoms with Gasteiger partial charge in [-0.15, -0.1) is 0 Å². The van der Waals surface area contributed by atoms with E-state index in [-0.39, 0.29) is 18.7 Å². The summed E-state index contributed by atoms with van der Waals surface area (Å²) in [7, 11) is -3.53. The van der Waals surface area contributed by atoms with Crippen LogP contribution in [0.3, 0.4) is 0 Å². The number of nitrogens with one attached hydrogen (secondary N) is 2. The third kappa shape index (κ3) is 5.19. The van der Waals surface area contributed by atoms with E-state index >= 15 is 0 Å². The number of hydrogen-bond donors (Lipinski definition) is 2. The first-order valence-electron chi connectivity index (χ1n) is 9.27. The molecule has 0 fully saturated rings. The third-order valence-corrected chi connectivity index (χ3v) is 6.60. The molecule has 0 bridgehead atoms. The average Bonchev–Trinajstić information content (AvgIpc) is 3.22. The minimum Gasteiger partial charge on any atom is -0.364 e. The van der Waals surface area contributed by atoms with Gasteiger partial charge in [-0.05, 0) is 73.9 Å². The molecule has 7 heteroatoms. The van der Waals surface area contributed by atoms with Crippen molar-refractivity contribution < 1.29 is 17.6 Å². The predicted molar refractivity (Wildman–Crippen MR) is 111 cm³/mol. The van der Waals surface area contributed by atoms with Gasteiger partial charge in [0.25, 0.3) is 0 Å². The summed E-state index contributed by atoms with van der Waals surface area (Å²) < 4.78 is 40.8. The number of aromatic amines is 1. The molecule has 0 aliphatic rings. The molecule has 29 heavy (non-hydrogen) atoms. The van der Waals surface area contributed by atoms with Gasteiger partial charge in [0.1, 0.15) is 5.82 Å². The lowest BCUT2D eigenvalue weighted by molar-refractivity contribution is 0.103. The standard InChI is InChI=1S/C22H23FN2O3S/c1-15-5-6-17(13-21(15)22(26)18-7-9-19(23)10-8-18)12-16(2)29(27,28)25-14-20-4-3-11-24-20/h3-11,13,16,24-25H,12,14H2,1-2H3. The van der Waals surface area contributed by atoms with Crippen molar-refractivity contribution in [1.29, 1.82) is 0 Å². The van der Waals surface area contributed by atoms with Crippen molar-refractivity contribution in [1.82, 2.24) is 9.71 Å². The Morgan fingerprint density at radius 2 is 1.86 bits per heavy atom. The molecule has 1 unspecified atom stereocenters. The fraction of sp³-hybridized carbons (Fsp3) is 0.227. The lowest BCUT2D eigenvalue weighted by atomic mass is 9.96. The minimum atomic E-state index is -3.53. The molecule has 152 valence electrons. The lowest BCUT2D eigenvalue weighted by Gasteiger charge is -2.15. The Kier molecular flexibility index (Phi) is 6.30. The maximum Gasteiger partial charge on any atom is 0.214 e. The molecule has 0 spiro atoms. The Morgan fingerprint density at radius 1 is 1.14 bits per heavy atom. The topological polar surface area (TPSA) is 79.0 Å². The van der Waals surface area contributed by atoms with Crippen molar-refractivity contribution in [3.8, 4) is 0 Å². The zero-order valence-corrected chi connectivity index (χ0v) is 17.1. The van der Waals surface area contributed by atoms with Gasteiger partial charge in [-0.1, -0.05) is 12.1 Å². The van der Waals surface area contributed by atoms with Crippen LogP contribution in [0.1, 0.15) is 39.7 Å². The van der Waals surface area contributed by atoms with Gasteiger partial charge in [-0.3, -0.25) is 4.79 Å². The predicted octanol–water partition coefficient (Wildman–Crippen LogP) is 3.74. The van der Waals surface area contributed by atoms with Crippen LogP contribution in [0.5, 0.6) is 0 Å². The maximum absolute atomic E-state index is 13.1. The number of benzene rings is 2. The number of H-pyrrole nitrogens is 1. The van der Waals surface area contributed by atoms with E-state index in [9.17, 15) is 17.6 Å². The maximum atomic E-state index is 13.1. The molecular weight excluding hydrogens is 391 g/mol. The van der Waals surface area contributed by atoms with Gasteiger partial charge in [0.05, 0.1) is 11.8 Å². The molecule has 2 N–H and O–H groups in total. The SMILES string of the molecule is Cc1ccc(CC(C)S(=O)(=O)NCc2ccc[nH]2)cc1C(=O)c1ccc(F)cc1. The quantitative estimate of drug-likeness (QED) is 0.551. The van der Waals surface area contributed by atoms with E-state index in [1.807, 2.05) is 13.0 Å². The Hall–Kier alpha value is -2.77. The highest BCUT2D eigenvalue weighted by atomic mass is 32.2. The number of carbonyl (C=O) groups is 1. The summed E-state index contributed by atoms with van der Waals surface area (Å²) in [6, 6.07) is 14.3. The van der Waals surface area contributed by atoms with Gasteiger partial charge in [-0.2, -0.15) is 0 Å². The molecule has 3 aromatic rings. The van der Waals surface area contributed by atoms with Crippen molar-refractivity contribution in [2.45, 2.75) is 32.1 Å². The van der Waals surface area contributed by atoms with Gasteiger partial charge in [0, 0.05) is 23.0 Å². The summed E-state index contributed by atoms with van der Waals surface area (Å²) in [4.78, 5) is 15.7.